The number of rotatable bonds is 4. The summed E-state index contributed by atoms with van der Waals surface area (Å²) in [5.74, 6) is -1.05. The molecular weight excluding hydrogens is 361 g/mol. The summed E-state index contributed by atoms with van der Waals surface area (Å²) < 4.78 is 21.2. The van der Waals surface area contributed by atoms with Gasteiger partial charge in [-0.15, -0.1) is 0 Å². The van der Waals surface area contributed by atoms with Gasteiger partial charge in [-0.3, -0.25) is 9.59 Å². The number of halogens is 1. The fourth-order valence-electron chi connectivity index (χ4n) is 4.07. The Morgan fingerprint density at radius 1 is 1.25 bits per heavy atom. The second-order valence-corrected chi connectivity index (χ2v) is 7.19. The zero-order valence-electron chi connectivity index (χ0n) is 16.2. The number of carbonyl (C=O) groups excluding carboxylic acids is 2. The largest absolute Gasteiger partial charge is 0.361 e. The summed E-state index contributed by atoms with van der Waals surface area (Å²) in [7, 11) is 1.80. The van der Waals surface area contributed by atoms with E-state index in [1.165, 1.54) is 12.1 Å². The van der Waals surface area contributed by atoms with Crippen LogP contribution in [0.1, 0.15) is 41.6 Å². The number of nitrogens with zero attached hydrogens (tertiary/aromatic N) is 3. The van der Waals surface area contributed by atoms with E-state index in [0.29, 0.717) is 53.1 Å². The van der Waals surface area contributed by atoms with Crippen molar-refractivity contribution in [1.82, 2.24) is 14.6 Å². The van der Waals surface area contributed by atoms with Crippen molar-refractivity contribution in [3.63, 3.8) is 0 Å². The number of likely N-dealkylation sites (tertiary alicyclic amines) is 1. The first-order valence-electron chi connectivity index (χ1n) is 9.51. The first-order chi connectivity index (χ1) is 13.4. The molecule has 0 radical (unpaired) electrons. The zero-order chi connectivity index (χ0) is 20.0. The number of carbonyl (C=O) groups is 2. The van der Waals surface area contributed by atoms with E-state index in [1.54, 1.807) is 24.9 Å². The van der Waals surface area contributed by atoms with Gasteiger partial charge in [0.25, 0.3) is 11.7 Å². The minimum atomic E-state index is -0.615. The van der Waals surface area contributed by atoms with Crippen LogP contribution >= 0.6 is 0 Å². The number of aryl methyl sites for hydroxylation is 3. The number of aromatic nitrogens is 2. The second kappa shape index (κ2) is 6.89. The summed E-state index contributed by atoms with van der Waals surface area (Å²) >= 11 is 0. The SMILES string of the molecule is CCc1noc(C)c1-c1c(C(=O)C(=O)N2CCCC2)c2cc(F)ccc2n1C. The van der Waals surface area contributed by atoms with Crippen molar-refractivity contribution in [2.75, 3.05) is 13.1 Å². The highest BCUT2D eigenvalue weighted by Crippen LogP contribution is 2.37. The molecule has 6 nitrogen and oxygen atoms in total. The minimum absolute atomic E-state index is 0.218. The summed E-state index contributed by atoms with van der Waals surface area (Å²) in [4.78, 5) is 27.8. The van der Waals surface area contributed by atoms with E-state index in [0.717, 1.165) is 12.8 Å². The molecular formula is C21H22FN3O3. The van der Waals surface area contributed by atoms with Crippen LogP contribution in [-0.2, 0) is 18.3 Å². The van der Waals surface area contributed by atoms with E-state index >= 15 is 0 Å². The van der Waals surface area contributed by atoms with Crippen LogP contribution in [0.5, 0.6) is 0 Å². The van der Waals surface area contributed by atoms with Crippen molar-refractivity contribution in [3.05, 3.63) is 41.0 Å². The van der Waals surface area contributed by atoms with Gasteiger partial charge in [-0.05, 0) is 44.4 Å². The van der Waals surface area contributed by atoms with Crippen LogP contribution in [0.25, 0.3) is 22.2 Å². The molecule has 0 bridgehead atoms. The first-order valence-corrected chi connectivity index (χ1v) is 9.51. The molecule has 1 fully saturated rings. The second-order valence-electron chi connectivity index (χ2n) is 7.19. The van der Waals surface area contributed by atoms with E-state index < -0.39 is 17.5 Å². The standard InChI is InChI=1S/C21H22FN3O3/c1-4-15-17(12(2)28-23-15)19-18(20(26)21(27)25-9-5-6-10-25)14-11-13(22)7-8-16(14)24(19)3/h7-8,11H,4-6,9-10H2,1-3H3. The maximum absolute atomic E-state index is 14.0. The third kappa shape index (κ3) is 2.73. The van der Waals surface area contributed by atoms with Crippen LogP contribution in [0.15, 0.2) is 22.7 Å². The lowest BCUT2D eigenvalue weighted by atomic mass is 9.99. The maximum atomic E-state index is 14.0. The summed E-state index contributed by atoms with van der Waals surface area (Å²) in [5.41, 5.74) is 2.84. The number of ketones is 1. The van der Waals surface area contributed by atoms with E-state index in [1.807, 2.05) is 11.5 Å². The van der Waals surface area contributed by atoms with Gasteiger partial charge in [-0.1, -0.05) is 12.1 Å². The third-order valence-electron chi connectivity index (χ3n) is 5.48. The van der Waals surface area contributed by atoms with Gasteiger partial charge in [0.05, 0.1) is 22.5 Å². The molecule has 4 rings (SSSR count). The Hall–Kier alpha value is -2.96. The van der Waals surface area contributed by atoms with Crippen LogP contribution in [0.2, 0.25) is 0 Å². The van der Waals surface area contributed by atoms with Crippen molar-refractivity contribution < 1.29 is 18.5 Å². The molecule has 3 aromatic rings. The molecule has 0 saturated carbocycles. The minimum Gasteiger partial charge on any atom is -0.361 e. The van der Waals surface area contributed by atoms with Crippen LogP contribution < -0.4 is 0 Å². The smallest absolute Gasteiger partial charge is 0.295 e. The lowest BCUT2D eigenvalue weighted by molar-refractivity contribution is -0.125. The molecule has 0 N–H and O–H groups in total. The van der Waals surface area contributed by atoms with Crippen LogP contribution in [0, 0.1) is 12.7 Å². The van der Waals surface area contributed by atoms with Crippen molar-refractivity contribution in [2.24, 2.45) is 7.05 Å². The van der Waals surface area contributed by atoms with Crippen molar-refractivity contribution in [2.45, 2.75) is 33.1 Å². The molecule has 0 spiro atoms. The van der Waals surface area contributed by atoms with Crippen molar-refractivity contribution in [3.8, 4) is 11.3 Å². The molecule has 0 atom stereocenters. The Bertz CT molecular complexity index is 1090. The highest BCUT2D eigenvalue weighted by atomic mass is 19.1. The molecule has 0 aliphatic carbocycles. The molecule has 1 aliphatic rings. The Labute approximate surface area is 161 Å². The quantitative estimate of drug-likeness (QED) is 0.509. The number of hydrogen-bond acceptors (Lipinski definition) is 4. The molecule has 3 heterocycles. The highest BCUT2D eigenvalue weighted by Gasteiger charge is 2.33. The monoisotopic (exact) mass is 383 g/mol. The average molecular weight is 383 g/mol. The summed E-state index contributed by atoms with van der Waals surface area (Å²) in [5, 5.41) is 4.52. The fourth-order valence-corrected chi connectivity index (χ4v) is 4.07. The van der Waals surface area contributed by atoms with Crippen LogP contribution in [0.4, 0.5) is 4.39 Å². The Kier molecular flexibility index (Phi) is 4.53. The molecule has 1 saturated heterocycles. The summed E-state index contributed by atoms with van der Waals surface area (Å²) in [6, 6.07) is 4.29. The fraction of sp³-hybridized carbons (Fsp3) is 0.381. The number of benzene rings is 1. The Balaban J connectivity index is 2.00. The predicted octanol–water partition coefficient (Wildman–Crippen LogP) is 3.65. The molecule has 146 valence electrons. The van der Waals surface area contributed by atoms with Gasteiger partial charge in [0.2, 0.25) is 0 Å². The molecule has 1 aliphatic heterocycles. The molecule has 0 unspecified atom stereocenters. The number of Topliss-reactive ketones (excluding diaryl/α,β-unsaturated/α-hetero) is 1. The number of hydrogen-bond donors (Lipinski definition) is 0. The van der Waals surface area contributed by atoms with Gasteiger partial charge in [0, 0.05) is 31.0 Å². The molecule has 28 heavy (non-hydrogen) atoms. The van der Waals surface area contributed by atoms with Gasteiger partial charge < -0.3 is 14.0 Å². The van der Waals surface area contributed by atoms with Gasteiger partial charge in [0.1, 0.15) is 11.6 Å². The van der Waals surface area contributed by atoms with Crippen LogP contribution in [0.3, 0.4) is 0 Å². The maximum Gasteiger partial charge on any atom is 0.295 e. The molecule has 7 heteroatoms. The Morgan fingerprint density at radius 3 is 2.64 bits per heavy atom. The third-order valence-corrected chi connectivity index (χ3v) is 5.48. The zero-order valence-corrected chi connectivity index (χ0v) is 16.2. The van der Waals surface area contributed by atoms with Gasteiger partial charge in [-0.2, -0.15) is 0 Å². The van der Waals surface area contributed by atoms with Crippen molar-refractivity contribution >= 4 is 22.6 Å². The summed E-state index contributed by atoms with van der Waals surface area (Å²) in [6.45, 7) is 4.87. The molecule has 1 amide bonds. The van der Waals surface area contributed by atoms with Gasteiger partial charge >= 0.3 is 0 Å². The highest BCUT2D eigenvalue weighted by molar-refractivity contribution is 6.46. The predicted molar refractivity (Wildman–Crippen MR) is 103 cm³/mol. The normalized spacial score (nSPS) is 14.2. The number of fused-ring (bicyclic) bond motifs is 1. The first kappa shape index (κ1) is 18.4. The van der Waals surface area contributed by atoms with Crippen LogP contribution in [-0.4, -0.2) is 39.4 Å². The molecule has 1 aromatic carbocycles. The van der Waals surface area contributed by atoms with Gasteiger partial charge in [-0.25, -0.2) is 4.39 Å². The van der Waals surface area contributed by atoms with Crippen molar-refractivity contribution in [1.29, 1.82) is 0 Å². The topological polar surface area (TPSA) is 68.3 Å². The lowest BCUT2D eigenvalue weighted by Crippen LogP contribution is -2.34. The van der Waals surface area contributed by atoms with E-state index in [4.69, 9.17) is 4.52 Å². The number of amides is 1. The van der Waals surface area contributed by atoms with E-state index in [9.17, 15) is 14.0 Å². The average Bonchev–Trinajstić information content (AvgIpc) is 3.39. The molecule has 2 aromatic heterocycles. The summed E-state index contributed by atoms with van der Waals surface area (Å²) in [6.07, 6.45) is 2.39. The van der Waals surface area contributed by atoms with E-state index in [-0.39, 0.29) is 5.56 Å². The van der Waals surface area contributed by atoms with E-state index in [2.05, 4.69) is 5.16 Å². The Morgan fingerprint density at radius 2 is 1.96 bits per heavy atom. The lowest BCUT2D eigenvalue weighted by Gasteiger charge is -2.15. The van der Waals surface area contributed by atoms with Gasteiger partial charge in [0.15, 0.2) is 0 Å².